The fourth-order valence-electron chi connectivity index (χ4n) is 3.16. The largest absolute Gasteiger partial charge is 0.469 e. The first kappa shape index (κ1) is 16.6. The molecule has 0 aromatic carbocycles. The Kier molecular flexibility index (Phi) is 5.24. The lowest BCUT2D eigenvalue weighted by Crippen LogP contribution is -2.55. The van der Waals surface area contributed by atoms with Gasteiger partial charge in [0.25, 0.3) is 0 Å². The van der Waals surface area contributed by atoms with E-state index in [0.717, 1.165) is 24.7 Å². The molecule has 8 nitrogen and oxygen atoms in total. The van der Waals surface area contributed by atoms with E-state index in [2.05, 4.69) is 20.2 Å². The molecule has 2 aliphatic heterocycles. The van der Waals surface area contributed by atoms with Gasteiger partial charge >= 0.3 is 5.97 Å². The van der Waals surface area contributed by atoms with E-state index in [4.69, 9.17) is 4.74 Å². The van der Waals surface area contributed by atoms with E-state index < -0.39 is 6.04 Å². The monoisotopic (exact) mass is 333 g/mol. The molecule has 0 aliphatic carbocycles. The normalized spacial score (nSPS) is 21.6. The smallest absolute Gasteiger partial charge is 0.307 e. The summed E-state index contributed by atoms with van der Waals surface area (Å²) in [4.78, 5) is 36.9. The molecule has 2 aliphatic rings. The number of methoxy groups -OCH3 is 1. The third-order valence-corrected chi connectivity index (χ3v) is 4.48. The van der Waals surface area contributed by atoms with E-state index in [0.29, 0.717) is 19.6 Å². The molecule has 1 N–H and O–H groups in total. The van der Waals surface area contributed by atoms with Crippen molar-refractivity contribution in [2.24, 2.45) is 0 Å². The van der Waals surface area contributed by atoms with Gasteiger partial charge in [0.1, 0.15) is 6.04 Å². The number of carbonyl (C=O) groups excluding carboxylic acids is 2. The minimum Gasteiger partial charge on any atom is -0.469 e. The third kappa shape index (κ3) is 3.81. The van der Waals surface area contributed by atoms with Gasteiger partial charge in [-0.15, -0.1) is 0 Å². The number of nitrogens with one attached hydrogen (secondary N) is 1. The topological polar surface area (TPSA) is 87.7 Å². The van der Waals surface area contributed by atoms with Gasteiger partial charge in [0.15, 0.2) is 0 Å². The second kappa shape index (κ2) is 7.57. The van der Waals surface area contributed by atoms with E-state index in [1.807, 2.05) is 11.0 Å². The predicted octanol–water partition coefficient (Wildman–Crippen LogP) is -0.0597. The van der Waals surface area contributed by atoms with Crippen LogP contribution in [0.5, 0.6) is 0 Å². The average molecular weight is 333 g/mol. The SMILES string of the molecule is COC(=O)CC1C(=O)NCCN1Cc1ccnc(N2CCCC2)n1. The number of rotatable bonds is 5. The van der Waals surface area contributed by atoms with Crippen LogP contribution in [-0.2, 0) is 20.9 Å². The first-order valence-electron chi connectivity index (χ1n) is 8.33. The molecule has 1 amide bonds. The van der Waals surface area contributed by atoms with Crippen LogP contribution in [0.4, 0.5) is 5.95 Å². The Morgan fingerprint density at radius 1 is 1.38 bits per heavy atom. The van der Waals surface area contributed by atoms with E-state index in [1.165, 1.54) is 20.0 Å². The average Bonchev–Trinajstić information content (AvgIpc) is 3.13. The number of piperazine rings is 1. The van der Waals surface area contributed by atoms with Gasteiger partial charge in [-0.05, 0) is 18.9 Å². The number of hydrogen-bond acceptors (Lipinski definition) is 7. The Hall–Kier alpha value is -2.22. The van der Waals surface area contributed by atoms with Crippen molar-refractivity contribution in [2.75, 3.05) is 38.2 Å². The highest BCUT2D eigenvalue weighted by Crippen LogP contribution is 2.17. The van der Waals surface area contributed by atoms with E-state index in [-0.39, 0.29) is 18.3 Å². The van der Waals surface area contributed by atoms with Crippen molar-refractivity contribution < 1.29 is 14.3 Å². The zero-order valence-electron chi connectivity index (χ0n) is 13.9. The van der Waals surface area contributed by atoms with Crippen LogP contribution in [0, 0.1) is 0 Å². The maximum absolute atomic E-state index is 12.1. The van der Waals surface area contributed by atoms with Gasteiger partial charge in [0.05, 0.1) is 19.2 Å². The van der Waals surface area contributed by atoms with Gasteiger partial charge in [-0.25, -0.2) is 9.97 Å². The summed E-state index contributed by atoms with van der Waals surface area (Å²) in [5.41, 5.74) is 0.858. The molecular weight excluding hydrogens is 310 g/mol. The second-order valence-electron chi connectivity index (χ2n) is 6.10. The fourth-order valence-corrected chi connectivity index (χ4v) is 3.16. The molecular formula is C16H23N5O3. The molecule has 1 aromatic heterocycles. The maximum atomic E-state index is 12.1. The molecule has 1 unspecified atom stereocenters. The molecule has 2 saturated heterocycles. The minimum absolute atomic E-state index is 0.0480. The van der Waals surface area contributed by atoms with Gasteiger partial charge in [0.2, 0.25) is 11.9 Å². The van der Waals surface area contributed by atoms with Crippen molar-refractivity contribution in [3.05, 3.63) is 18.0 Å². The number of ether oxygens (including phenoxy) is 1. The zero-order chi connectivity index (χ0) is 16.9. The molecule has 8 heteroatoms. The molecule has 0 saturated carbocycles. The van der Waals surface area contributed by atoms with Crippen LogP contribution in [0.2, 0.25) is 0 Å². The van der Waals surface area contributed by atoms with Crippen molar-refractivity contribution in [1.82, 2.24) is 20.2 Å². The molecule has 1 atom stereocenters. The molecule has 24 heavy (non-hydrogen) atoms. The summed E-state index contributed by atoms with van der Waals surface area (Å²) in [6.07, 6.45) is 4.14. The van der Waals surface area contributed by atoms with E-state index >= 15 is 0 Å². The molecule has 0 radical (unpaired) electrons. The predicted molar refractivity (Wildman–Crippen MR) is 87.3 cm³/mol. The van der Waals surface area contributed by atoms with Crippen molar-refractivity contribution in [3.63, 3.8) is 0 Å². The van der Waals surface area contributed by atoms with Crippen LogP contribution in [0.1, 0.15) is 25.0 Å². The number of amides is 1. The molecule has 1 aromatic rings. The quantitative estimate of drug-likeness (QED) is 0.755. The lowest BCUT2D eigenvalue weighted by Gasteiger charge is -2.34. The standard InChI is InChI=1S/C16H23N5O3/c1-24-14(22)10-13-15(23)17-6-9-21(13)11-12-4-5-18-16(19-12)20-7-2-3-8-20/h4-5,13H,2-3,6-11H2,1H3,(H,17,23). The van der Waals surface area contributed by atoms with Crippen LogP contribution in [0.15, 0.2) is 12.3 Å². The molecule has 130 valence electrons. The number of esters is 1. The van der Waals surface area contributed by atoms with Crippen LogP contribution in [0.25, 0.3) is 0 Å². The van der Waals surface area contributed by atoms with Crippen molar-refractivity contribution in [2.45, 2.75) is 31.8 Å². The van der Waals surface area contributed by atoms with Crippen LogP contribution >= 0.6 is 0 Å². The Morgan fingerprint density at radius 2 is 2.17 bits per heavy atom. The summed E-state index contributed by atoms with van der Waals surface area (Å²) < 4.78 is 4.71. The lowest BCUT2D eigenvalue weighted by molar-refractivity contribution is -0.146. The second-order valence-corrected chi connectivity index (χ2v) is 6.10. The Bertz CT molecular complexity index is 603. The van der Waals surface area contributed by atoms with E-state index in [9.17, 15) is 9.59 Å². The van der Waals surface area contributed by atoms with Gasteiger partial charge in [-0.3, -0.25) is 14.5 Å². The first-order valence-corrected chi connectivity index (χ1v) is 8.33. The summed E-state index contributed by atoms with van der Waals surface area (Å²) in [6.45, 7) is 3.73. The zero-order valence-corrected chi connectivity index (χ0v) is 13.9. The van der Waals surface area contributed by atoms with E-state index in [1.54, 1.807) is 6.20 Å². The Balaban J connectivity index is 1.71. The number of carbonyl (C=O) groups is 2. The van der Waals surface area contributed by atoms with Gasteiger partial charge in [0, 0.05) is 38.9 Å². The highest BCUT2D eigenvalue weighted by Gasteiger charge is 2.32. The minimum atomic E-state index is -0.517. The van der Waals surface area contributed by atoms with Crippen LogP contribution in [0.3, 0.4) is 0 Å². The molecule has 3 heterocycles. The van der Waals surface area contributed by atoms with Gasteiger partial charge in [-0.1, -0.05) is 0 Å². The number of hydrogen-bond donors (Lipinski definition) is 1. The first-order chi connectivity index (χ1) is 11.7. The molecule has 3 rings (SSSR count). The van der Waals surface area contributed by atoms with Gasteiger partial charge in [-0.2, -0.15) is 0 Å². The number of nitrogens with zero attached hydrogens (tertiary/aromatic N) is 4. The fraction of sp³-hybridized carbons (Fsp3) is 0.625. The molecule has 0 bridgehead atoms. The maximum Gasteiger partial charge on any atom is 0.307 e. The number of anilines is 1. The summed E-state index contributed by atoms with van der Waals surface area (Å²) in [5.74, 6) is 0.221. The van der Waals surface area contributed by atoms with Crippen molar-refractivity contribution in [1.29, 1.82) is 0 Å². The number of aromatic nitrogens is 2. The molecule has 0 spiro atoms. The summed E-state index contributed by atoms with van der Waals surface area (Å²) in [6, 6.07) is 1.35. The summed E-state index contributed by atoms with van der Waals surface area (Å²) >= 11 is 0. The van der Waals surface area contributed by atoms with Crippen LogP contribution < -0.4 is 10.2 Å². The summed E-state index contributed by atoms with van der Waals surface area (Å²) in [7, 11) is 1.33. The van der Waals surface area contributed by atoms with Crippen LogP contribution in [-0.4, -0.2) is 66.1 Å². The van der Waals surface area contributed by atoms with Crippen molar-refractivity contribution in [3.8, 4) is 0 Å². The Morgan fingerprint density at radius 3 is 2.92 bits per heavy atom. The van der Waals surface area contributed by atoms with Gasteiger partial charge < -0.3 is 15.0 Å². The highest BCUT2D eigenvalue weighted by molar-refractivity contribution is 5.87. The molecule has 2 fully saturated rings. The Labute approximate surface area is 141 Å². The lowest BCUT2D eigenvalue weighted by atomic mass is 10.1. The van der Waals surface area contributed by atoms with Crippen molar-refractivity contribution >= 4 is 17.8 Å². The highest BCUT2D eigenvalue weighted by atomic mass is 16.5. The third-order valence-electron chi connectivity index (χ3n) is 4.48. The summed E-state index contributed by atoms with van der Waals surface area (Å²) in [5, 5.41) is 2.80.